The molecule has 23 heavy (non-hydrogen) atoms. The van der Waals surface area contributed by atoms with Crippen molar-refractivity contribution in [2.24, 2.45) is 11.7 Å². The van der Waals surface area contributed by atoms with Crippen LogP contribution in [-0.2, 0) is 0 Å². The number of ether oxygens (including phenoxy) is 1. The van der Waals surface area contributed by atoms with Crippen LogP contribution in [0.4, 0.5) is 13.2 Å². The van der Waals surface area contributed by atoms with Gasteiger partial charge in [0.25, 0.3) is 5.91 Å². The van der Waals surface area contributed by atoms with Gasteiger partial charge in [0.05, 0.1) is 6.20 Å². The lowest BCUT2D eigenvalue weighted by Gasteiger charge is -2.34. The largest absolute Gasteiger partial charge is 0.483 e. The number of nitrogens with zero attached hydrogens (tertiary/aromatic N) is 2. The highest BCUT2D eigenvalue weighted by Gasteiger charge is 2.29. The van der Waals surface area contributed by atoms with Crippen LogP contribution in [0.1, 0.15) is 30.3 Å². The second-order valence-electron chi connectivity index (χ2n) is 5.80. The second-order valence-corrected chi connectivity index (χ2v) is 5.80. The summed E-state index contributed by atoms with van der Waals surface area (Å²) in [5, 5.41) is 0. The van der Waals surface area contributed by atoms with Crippen LogP contribution in [-0.4, -0.2) is 47.7 Å². The van der Waals surface area contributed by atoms with Gasteiger partial charge in [-0.3, -0.25) is 4.79 Å². The van der Waals surface area contributed by atoms with E-state index in [0.717, 1.165) is 19.0 Å². The predicted octanol–water partition coefficient (Wildman–Crippen LogP) is 2.22. The van der Waals surface area contributed by atoms with Gasteiger partial charge >= 0.3 is 6.18 Å². The zero-order valence-corrected chi connectivity index (χ0v) is 12.8. The van der Waals surface area contributed by atoms with Crippen LogP contribution in [0.15, 0.2) is 18.3 Å². The van der Waals surface area contributed by atoms with E-state index in [1.165, 1.54) is 12.1 Å². The molecule has 1 aliphatic rings. The number of halogens is 3. The molecule has 2 N–H and O–H groups in total. The molecule has 1 aliphatic heterocycles. The third-order valence-corrected chi connectivity index (χ3v) is 3.85. The fourth-order valence-corrected chi connectivity index (χ4v) is 2.54. The number of hydrogen-bond donors (Lipinski definition) is 1. The molecule has 2 unspecified atom stereocenters. The molecule has 2 heterocycles. The van der Waals surface area contributed by atoms with Crippen LogP contribution in [0.2, 0.25) is 0 Å². The quantitative estimate of drug-likeness (QED) is 0.918. The fraction of sp³-hybridized carbons (Fsp3) is 0.600. The van der Waals surface area contributed by atoms with Crippen LogP contribution >= 0.6 is 0 Å². The Balaban J connectivity index is 1.97. The topological polar surface area (TPSA) is 68.5 Å². The molecular formula is C15H20F3N3O2. The van der Waals surface area contributed by atoms with E-state index in [4.69, 9.17) is 5.73 Å². The Morgan fingerprint density at radius 1 is 1.52 bits per heavy atom. The van der Waals surface area contributed by atoms with E-state index in [1.807, 2.05) is 6.92 Å². The summed E-state index contributed by atoms with van der Waals surface area (Å²) >= 11 is 0. The Morgan fingerprint density at radius 3 is 2.83 bits per heavy atom. The van der Waals surface area contributed by atoms with Crippen molar-refractivity contribution in [2.75, 3.05) is 19.7 Å². The highest BCUT2D eigenvalue weighted by molar-refractivity contribution is 5.92. The molecule has 1 saturated heterocycles. The molecule has 0 spiro atoms. The van der Waals surface area contributed by atoms with Gasteiger partial charge in [-0.05, 0) is 37.8 Å². The third kappa shape index (κ3) is 5.09. The summed E-state index contributed by atoms with van der Waals surface area (Å²) in [5.74, 6) is -0.00853. The summed E-state index contributed by atoms with van der Waals surface area (Å²) in [6.45, 7) is 1.74. The summed E-state index contributed by atoms with van der Waals surface area (Å²) in [7, 11) is 0. The van der Waals surface area contributed by atoms with Gasteiger partial charge in [0.2, 0.25) is 0 Å². The zero-order valence-electron chi connectivity index (χ0n) is 12.8. The van der Waals surface area contributed by atoms with Gasteiger partial charge in [0.15, 0.2) is 6.61 Å². The maximum Gasteiger partial charge on any atom is 0.422 e. The molecule has 5 nitrogen and oxygen atoms in total. The van der Waals surface area contributed by atoms with Crippen LogP contribution in [0.5, 0.6) is 5.75 Å². The standard InChI is InChI=1S/C15H20F3N3O2/c1-10(19)11-3-2-6-21(8-11)14(22)13-5-4-12(7-20-13)23-9-15(16,17)18/h4-5,7,10-11H,2-3,6,8-9,19H2,1H3. The Hall–Kier alpha value is -1.83. The van der Waals surface area contributed by atoms with Crippen molar-refractivity contribution in [1.29, 1.82) is 0 Å². The Labute approximate surface area is 132 Å². The van der Waals surface area contributed by atoms with E-state index >= 15 is 0 Å². The lowest BCUT2D eigenvalue weighted by molar-refractivity contribution is -0.153. The van der Waals surface area contributed by atoms with E-state index in [2.05, 4.69) is 9.72 Å². The normalized spacial score (nSPS) is 20.2. The van der Waals surface area contributed by atoms with E-state index in [9.17, 15) is 18.0 Å². The molecule has 1 aromatic rings. The minimum atomic E-state index is -4.41. The monoisotopic (exact) mass is 331 g/mol. The Bertz CT molecular complexity index is 532. The van der Waals surface area contributed by atoms with Crippen molar-refractivity contribution >= 4 is 5.91 Å². The predicted molar refractivity (Wildman–Crippen MR) is 78.1 cm³/mol. The minimum Gasteiger partial charge on any atom is -0.483 e. The van der Waals surface area contributed by atoms with Gasteiger partial charge in [-0.25, -0.2) is 4.98 Å². The molecule has 0 aliphatic carbocycles. The van der Waals surface area contributed by atoms with Crippen molar-refractivity contribution in [3.63, 3.8) is 0 Å². The molecule has 2 rings (SSSR count). The number of carbonyl (C=O) groups excluding carboxylic acids is 1. The lowest BCUT2D eigenvalue weighted by atomic mass is 9.92. The van der Waals surface area contributed by atoms with Crippen molar-refractivity contribution < 1.29 is 22.7 Å². The van der Waals surface area contributed by atoms with Crippen molar-refractivity contribution in [3.8, 4) is 5.75 Å². The Kier molecular flexibility index (Phi) is 5.46. The van der Waals surface area contributed by atoms with Crippen molar-refractivity contribution in [3.05, 3.63) is 24.0 Å². The molecule has 0 radical (unpaired) electrons. The highest BCUT2D eigenvalue weighted by atomic mass is 19.4. The van der Waals surface area contributed by atoms with Gasteiger partial charge in [-0.1, -0.05) is 0 Å². The molecule has 0 saturated carbocycles. The SMILES string of the molecule is CC(N)C1CCCN(C(=O)c2ccc(OCC(F)(F)F)cn2)C1. The maximum atomic E-state index is 12.4. The summed E-state index contributed by atoms with van der Waals surface area (Å²) in [5.41, 5.74) is 6.08. The molecule has 2 atom stereocenters. The smallest absolute Gasteiger partial charge is 0.422 e. The zero-order chi connectivity index (χ0) is 17.0. The van der Waals surface area contributed by atoms with Gasteiger partial charge in [-0.15, -0.1) is 0 Å². The molecule has 128 valence electrons. The first-order valence-corrected chi connectivity index (χ1v) is 7.47. The van der Waals surface area contributed by atoms with Crippen molar-refractivity contribution in [1.82, 2.24) is 9.88 Å². The molecule has 1 fully saturated rings. The Morgan fingerprint density at radius 2 is 2.26 bits per heavy atom. The fourth-order valence-electron chi connectivity index (χ4n) is 2.54. The molecule has 1 amide bonds. The first-order valence-electron chi connectivity index (χ1n) is 7.47. The summed E-state index contributed by atoms with van der Waals surface area (Å²) in [6.07, 6.45) is -1.41. The van der Waals surface area contributed by atoms with Gasteiger partial charge in [0, 0.05) is 19.1 Å². The summed E-state index contributed by atoms with van der Waals surface area (Å²) in [6, 6.07) is 2.71. The van der Waals surface area contributed by atoms with E-state index < -0.39 is 12.8 Å². The van der Waals surface area contributed by atoms with Gasteiger partial charge in [-0.2, -0.15) is 13.2 Å². The summed E-state index contributed by atoms with van der Waals surface area (Å²) in [4.78, 5) is 18.0. The molecule has 8 heteroatoms. The number of aromatic nitrogens is 1. The second kappa shape index (κ2) is 7.16. The maximum absolute atomic E-state index is 12.4. The number of alkyl halides is 3. The van der Waals surface area contributed by atoms with E-state index in [0.29, 0.717) is 13.1 Å². The lowest BCUT2D eigenvalue weighted by Crippen LogP contribution is -2.45. The first kappa shape index (κ1) is 17.5. The summed E-state index contributed by atoms with van der Waals surface area (Å²) < 4.78 is 40.8. The number of nitrogens with two attached hydrogens (primary N) is 1. The van der Waals surface area contributed by atoms with Crippen LogP contribution < -0.4 is 10.5 Å². The van der Waals surface area contributed by atoms with E-state index in [-0.39, 0.29) is 29.3 Å². The van der Waals surface area contributed by atoms with Crippen LogP contribution in [0.25, 0.3) is 0 Å². The minimum absolute atomic E-state index is 0.0108. The molecule has 1 aromatic heterocycles. The number of carbonyl (C=O) groups is 1. The van der Waals surface area contributed by atoms with E-state index in [1.54, 1.807) is 4.90 Å². The number of amides is 1. The first-order chi connectivity index (χ1) is 10.8. The van der Waals surface area contributed by atoms with Crippen LogP contribution in [0.3, 0.4) is 0 Å². The number of likely N-dealkylation sites (tertiary alicyclic amines) is 1. The van der Waals surface area contributed by atoms with Gasteiger partial charge in [0.1, 0.15) is 11.4 Å². The number of pyridine rings is 1. The average molecular weight is 331 g/mol. The van der Waals surface area contributed by atoms with Crippen molar-refractivity contribution in [2.45, 2.75) is 32.0 Å². The molecular weight excluding hydrogens is 311 g/mol. The molecule has 0 aromatic carbocycles. The highest BCUT2D eigenvalue weighted by Crippen LogP contribution is 2.21. The third-order valence-electron chi connectivity index (χ3n) is 3.85. The number of piperidine rings is 1. The number of hydrogen-bond acceptors (Lipinski definition) is 4. The average Bonchev–Trinajstić information content (AvgIpc) is 2.52. The van der Waals surface area contributed by atoms with Gasteiger partial charge < -0.3 is 15.4 Å². The van der Waals surface area contributed by atoms with Crippen LogP contribution in [0, 0.1) is 5.92 Å². The molecule has 0 bridgehead atoms. The number of rotatable bonds is 4.